The fraction of sp³-hybridized carbons (Fsp3) is 0.0857. The molecular weight excluding hydrogens is 689 g/mol. The summed E-state index contributed by atoms with van der Waals surface area (Å²) in [6.45, 7) is 4.00. The van der Waals surface area contributed by atoms with E-state index in [1.54, 1.807) is 40.1 Å². The standard InChI is InChI=1S/C35H14F4O4S4/c1-35(2)11(3-17-23-18(28(42)27(17)41)6-13(37)7-19(23)38)4-21-25(35)31-33(45-21)34-32(47-31)30-22(46-34)10-14(44-30)9-16-15-5-12(36)8-20(39)24(15)29(43)26(16)40/h3-10H,1-2H3/b16-9-,17-3-. The minimum Gasteiger partial charge on any atom is -0.285 e. The molecule has 3 aliphatic carbocycles. The maximum absolute atomic E-state index is 14.8. The normalized spacial score (nSPS) is 18.6. The maximum atomic E-state index is 14.8. The van der Waals surface area contributed by atoms with Crippen molar-refractivity contribution in [1.29, 1.82) is 0 Å². The predicted molar refractivity (Wildman–Crippen MR) is 179 cm³/mol. The zero-order chi connectivity index (χ0) is 32.8. The van der Waals surface area contributed by atoms with Gasteiger partial charge in [0.1, 0.15) is 23.3 Å². The van der Waals surface area contributed by atoms with Crippen LogP contribution in [0.1, 0.15) is 61.0 Å². The van der Waals surface area contributed by atoms with E-state index in [9.17, 15) is 36.7 Å². The topological polar surface area (TPSA) is 68.3 Å². The molecule has 0 spiro atoms. The fourth-order valence-electron chi connectivity index (χ4n) is 6.70. The maximum Gasteiger partial charge on any atom is 0.237 e. The summed E-state index contributed by atoms with van der Waals surface area (Å²) in [5, 5.41) is 0. The smallest absolute Gasteiger partial charge is 0.237 e. The number of thiophene rings is 4. The van der Waals surface area contributed by atoms with Gasteiger partial charge in [-0.05, 0) is 47.6 Å². The first-order valence-electron chi connectivity index (χ1n) is 14.1. The van der Waals surface area contributed by atoms with Crippen LogP contribution in [0.4, 0.5) is 17.6 Å². The van der Waals surface area contributed by atoms with E-state index >= 15 is 0 Å². The predicted octanol–water partition coefficient (Wildman–Crippen LogP) is 9.78. The van der Waals surface area contributed by atoms with Crippen molar-refractivity contribution in [2.45, 2.75) is 19.3 Å². The third kappa shape index (κ3) is 3.78. The lowest BCUT2D eigenvalue weighted by Gasteiger charge is -2.22. The molecule has 9 rings (SSSR count). The average Bonchev–Trinajstić information content (AvgIpc) is 3.82. The van der Waals surface area contributed by atoms with Gasteiger partial charge >= 0.3 is 0 Å². The second-order valence-corrected chi connectivity index (χ2v) is 16.2. The quantitative estimate of drug-likeness (QED) is 0.102. The average molecular weight is 703 g/mol. The lowest BCUT2D eigenvalue weighted by atomic mass is 9.81. The van der Waals surface area contributed by atoms with Crippen molar-refractivity contribution >= 4 is 120 Å². The van der Waals surface area contributed by atoms with Gasteiger partial charge in [0.2, 0.25) is 23.1 Å². The Labute approximate surface area is 277 Å². The Morgan fingerprint density at radius 1 is 0.596 bits per heavy atom. The molecule has 0 radical (unpaired) electrons. The van der Waals surface area contributed by atoms with Gasteiger partial charge in [0.25, 0.3) is 0 Å². The lowest BCUT2D eigenvalue weighted by molar-refractivity contribution is -0.110. The van der Waals surface area contributed by atoms with Gasteiger partial charge in [0.15, 0.2) is 0 Å². The van der Waals surface area contributed by atoms with Gasteiger partial charge in [-0.25, -0.2) is 17.6 Å². The highest BCUT2D eigenvalue weighted by molar-refractivity contribution is 7.44. The molecule has 12 heteroatoms. The van der Waals surface area contributed by atoms with Crippen molar-refractivity contribution in [3.63, 3.8) is 0 Å². The van der Waals surface area contributed by atoms with E-state index in [0.29, 0.717) is 17.0 Å². The zero-order valence-electron chi connectivity index (χ0n) is 23.9. The number of rotatable bonds is 2. The summed E-state index contributed by atoms with van der Waals surface area (Å²) in [6, 6.07) is 5.06. The molecule has 0 fully saturated rings. The molecule has 0 N–H and O–H groups in total. The van der Waals surface area contributed by atoms with E-state index in [0.717, 1.165) is 56.3 Å². The second kappa shape index (κ2) is 9.38. The largest absolute Gasteiger partial charge is 0.285 e. The van der Waals surface area contributed by atoms with Crippen LogP contribution in [0.15, 0.2) is 42.0 Å². The number of Topliss-reactive ketones (excluding diaryl/α,β-unsaturated/α-hetero) is 4. The summed E-state index contributed by atoms with van der Waals surface area (Å²) in [4.78, 5) is 52.3. The Morgan fingerprint density at radius 3 is 1.98 bits per heavy atom. The summed E-state index contributed by atoms with van der Waals surface area (Å²) in [7, 11) is 0. The number of benzene rings is 2. The second-order valence-electron chi connectivity index (χ2n) is 12.0. The highest BCUT2D eigenvalue weighted by atomic mass is 32.1. The van der Waals surface area contributed by atoms with Gasteiger partial charge in [-0.15, -0.1) is 45.3 Å². The molecule has 4 aromatic heterocycles. The Bertz CT molecular complexity index is 2670. The van der Waals surface area contributed by atoms with Crippen LogP contribution in [0, 0.1) is 23.3 Å². The number of fused-ring (bicyclic) bond motifs is 9. The minimum atomic E-state index is -1.06. The summed E-state index contributed by atoms with van der Waals surface area (Å²) in [5.41, 5.74) is 0.149. The Kier molecular flexibility index (Phi) is 5.75. The van der Waals surface area contributed by atoms with Crippen LogP contribution < -0.4 is 0 Å². The Balaban J connectivity index is 1.13. The van der Waals surface area contributed by atoms with E-state index in [4.69, 9.17) is 0 Å². The third-order valence-corrected chi connectivity index (χ3v) is 14.2. The van der Waals surface area contributed by atoms with Crippen LogP contribution in [0.2, 0.25) is 0 Å². The molecule has 0 amide bonds. The highest BCUT2D eigenvalue weighted by Gasteiger charge is 2.41. The number of carbonyl (C=O) groups excluding carboxylic acids is 4. The molecule has 6 aromatic rings. The molecular formula is C35H14F4O4S4. The number of ketones is 4. The Hall–Kier alpha value is -4.36. The molecule has 230 valence electrons. The van der Waals surface area contributed by atoms with Crippen LogP contribution >= 0.6 is 45.3 Å². The van der Waals surface area contributed by atoms with E-state index in [1.807, 2.05) is 26.0 Å². The molecule has 0 unspecified atom stereocenters. The monoisotopic (exact) mass is 702 g/mol. The molecule has 47 heavy (non-hydrogen) atoms. The zero-order valence-corrected chi connectivity index (χ0v) is 27.2. The van der Waals surface area contributed by atoms with E-state index in [2.05, 4.69) is 0 Å². The van der Waals surface area contributed by atoms with Gasteiger partial charge in [0.05, 0.1) is 29.1 Å². The molecule has 0 aliphatic heterocycles. The van der Waals surface area contributed by atoms with Gasteiger partial charge in [-0.3, -0.25) is 19.2 Å². The first-order valence-corrected chi connectivity index (χ1v) is 17.3. The van der Waals surface area contributed by atoms with Crippen LogP contribution in [0.3, 0.4) is 0 Å². The van der Waals surface area contributed by atoms with Crippen molar-refractivity contribution in [3.05, 3.63) is 103 Å². The van der Waals surface area contributed by atoms with Crippen LogP contribution in [-0.4, -0.2) is 23.1 Å². The first kappa shape index (κ1) is 28.8. The van der Waals surface area contributed by atoms with Crippen molar-refractivity contribution in [3.8, 4) is 0 Å². The summed E-state index contributed by atoms with van der Waals surface area (Å²) in [5.74, 6) is -7.48. The lowest BCUT2D eigenvalue weighted by Crippen LogP contribution is -2.16. The molecule has 0 saturated heterocycles. The van der Waals surface area contributed by atoms with E-state index < -0.39 is 57.4 Å². The van der Waals surface area contributed by atoms with Gasteiger partial charge < -0.3 is 0 Å². The van der Waals surface area contributed by atoms with Crippen molar-refractivity contribution in [2.24, 2.45) is 0 Å². The summed E-state index contributed by atoms with van der Waals surface area (Å²) >= 11 is 6.23. The molecule has 3 aliphatic rings. The number of hydrogen-bond donors (Lipinski definition) is 0. The molecule has 4 nitrogen and oxygen atoms in total. The molecule has 0 saturated carbocycles. The molecule has 0 atom stereocenters. The Morgan fingerprint density at radius 2 is 1.23 bits per heavy atom. The highest BCUT2D eigenvalue weighted by Crippen LogP contribution is 2.57. The van der Waals surface area contributed by atoms with Crippen molar-refractivity contribution in [2.75, 3.05) is 0 Å². The van der Waals surface area contributed by atoms with Crippen LogP contribution in [-0.2, 0) is 15.0 Å². The van der Waals surface area contributed by atoms with Gasteiger partial charge in [-0.2, -0.15) is 0 Å². The number of hydrogen-bond acceptors (Lipinski definition) is 8. The van der Waals surface area contributed by atoms with Crippen molar-refractivity contribution in [1.82, 2.24) is 0 Å². The summed E-state index contributed by atoms with van der Waals surface area (Å²) in [6.07, 6.45) is 5.01. The van der Waals surface area contributed by atoms with Gasteiger partial charge in [-0.1, -0.05) is 13.8 Å². The van der Waals surface area contributed by atoms with E-state index in [-0.39, 0.29) is 27.8 Å². The number of carbonyl (C=O) groups is 4. The molecule has 4 heterocycles. The summed E-state index contributed by atoms with van der Waals surface area (Å²) < 4.78 is 63.3. The minimum absolute atomic E-state index is 0.0388. The van der Waals surface area contributed by atoms with Crippen LogP contribution in [0.25, 0.3) is 51.5 Å². The fourth-order valence-corrected chi connectivity index (χ4v) is 12.8. The first-order chi connectivity index (χ1) is 22.3. The number of allylic oxidation sites excluding steroid dienone is 4. The van der Waals surface area contributed by atoms with E-state index in [1.165, 1.54) is 17.4 Å². The third-order valence-electron chi connectivity index (χ3n) is 8.91. The SMILES string of the molecule is CC1(C)C(/C=C2\C(=O)C(=O)c3cc(F)cc(F)c32)=Cc2sc3c(sc4c5sc(/C=C6\C(=O)C(=O)c7c(F)cc(F)cc76)cc5sc34)c21. The van der Waals surface area contributed by atoms with Gasteiger partial charge in [0, 0.05) is 59.8 Å². The number of halogens is 4. The molecule has 2 aromatic carbocycles. The molecule has 0 bridgehead atoms. The van der Waals surface area contributed by atoms with Crippen molar-refractivity contribution < 1.29 is 36.7 Å². The van der Waals surface area contributed by atoms with Crippen LogP contribution in [0.5, 0.6) is 0 Å².